The molecule has 1 atom stereocenters. The summed E-state index contributed by atoms with van der Waals surface area (Å²) in [5.74, 6) is -0.419. The Hall–Kier alpha value is -1.22. The van der Waals surface area contributed by atoms with Crippen LogP contribution < -0.4 is 4.90 Å². The molecule has 0 spiro atoms. The van der Waals surface area contributed by atoms with E-state index in [0.29, 0.717) is 10.9 Å². The Morgan fingerprint density at radius 3 is 2.83 bits per heavy atom. The maximum atomic E-state index is 11.0. The fourth-order valence-electron chi connectivity index (χ4n) is 2.90. The van der Waals surface area contributed by atoms with E-state index >= 15 is 0 Å². The molecule has 1 aromatic carbocycles. The Balaban J connectivity index is 2.51. The van der Waals surface area contributed by atoms with E-state index in [2.05, 4.69) is 20.8 Å². The standard InChI is InChI=1S/C14H18ClNO2/c1-9-7-14(2,3)16(8-13(17)18)12-5-4-10(15)6-11(9)12/h4-6,9H,7-8H2,1-3H3,(H,17,18)/t9-/m1/s1. The largest absolute Gasteiger partial charge is 0.480 e. The van der Waals surface area contributed by atoms with Gasteiger partial charge in [-0.1, -0.05) is 18.5 Å². The molecule has 4 heteroatoms. The molecular formula is C14H18ClNO2. The number of carboxylic acids is 1. The van der Waals surface area contributed by atoms with Gasteiger partial charge in [-0.3, -0.25) is 4.79 Å². The second kappa shape index (κ2) is 4.47. The van der Waals surface area contributed by atoms with Crippen LogP contribution in [0.15, 0.2) is 18.2 Å². The maximum absolute atomic E-state index is 11.0. The van der Waals surface area contributed by atoms with Crippen molar-refractivity contribution in [1.29, 1.82) is 0 Å². The van der Waals surface area contributed by atoms with Gasteiger partial charge in [-0.2, -0.15) is 0 Å². The van der Waals surface area contributed by atoms with Crippen LogP contribution in [0.2, 0.25) is 5.02 Å². The van der Waals surface area contributed by atoms with Crippen LogP contribution in [0.1, 0.15) is 38.7 Å². The highest BCUT2D eigenvalue weighted by Gasteiger charge is 2.37. The van der Waals surface area contributed by atoms with Gasteiger partial charge >= 0.3 is 5.97 Å². The first-order valence-corrected chi connectivity index (χ1v) is 6.48. The van der Waals surface area contributed by atoms with Crippen LogP contribution in [-0.4, -0.2) is 23.2 Å². The summed E-state index contributed by atoms with van der Waals surface area (Å²) in [5, 5.41) is 9.78. The monoisotopic (exact) mass is 267 g/mol. The van der Waals surface area contributed by atoms with Crippen molar-refractivity contribution < 1.29 is 9.90 Å². The van der Waals surface area contributed by atoms with Crippen molar-refractivity contribution in [2.45, 2.75) is 38.6 Å². The summed E-state index contributed by atoms with van der Waals surface area (Å²) in [4.78, 5) is 13.0. The lowest BCUT2D eigenvalue weighted by atomic mass is 9.80. The zero-order valence-electron chi connectivity index (χ0n) is 10.9. The lowest BCUT2D eigenvalue weighted by Gasteiger charge is -2.46. The van der Waals surface area contributed by atoms with Gasteiger partial charge in [-0.05, 0) is 49.9 Å². The molecule has 3 nitrogen and oxygen atoms in total. The van der Waals surface area contributed by atoms with Gasteiger partial charge in [-0.25, -0.2) is 0 Å². The van der Waals surface area contributed by atoms with E-state index in [1.54, 1.807) is 0 Å². The molecule has 0 unspecified atom stereocenters. The summed E-state index contributed by atoms with van der Waals surface area (Å²) in [7, 11) is 0. The van der Waals surface area contributed by atoms with Gasteiger partial charge in [-0.15, -0.1) is 0 Å². The van der Waals surface area contributed by atoms with Crippen LogP contribution in [0.5, 0.6) is 0 Å². The molecule has 1 heterocycles. The number of carboxylic acid groups (broad SMARTS) is 1. The molecule has 0 saturated carbocycles. The third-order valence-corrected chi connectivity index (χ3v) is 3.88. The Bertz CT molecular complexity index is 485. The smallest absolute Gasteiger partial charge is 0.323 e. The number of aliphatic carboxylic acids is 1. The molecule has 2 rings (SSSR count). The minimum Gasteiger partial charge on any atom is -0.480 e. The number of rotatable bonds is 2. The number of benzene rings is 1. The van der Waals surface area contributed by atoms with Crippen molar-refractivity contribution in [3.8, 4) is 0 Å². The average Bonchev–Trinajstić information content (AvgIpc) is 2.23. The Labute approximate surface area is 112 Å². The van der Waals surface area contributed by atoms with Crippen LogP contribution in [0.4, 0.5) is 5.69 Å². The van der Waals surface area contributed by atoms with Crippen molar-refractivity contribution in [2.75, 3.05) is 11.4 Å². The van der Waals surface area contributed by atoms with Gasteiger partial charge in [0.2, 0.25) is 0 Å². The number of hydrogen-bond acceptors (Lipinski definition) is 2. The summed E-state index contributed by atoms with van der Waals surface area (Å²) >= 11 is 6.03. The lowest BCUT2D eigenvalue weighted by molar-refractivity contribution is -0.135. The summed E-state index contributed by atoms with van der Waals surface area (Å²) in [6, 6.07) is 5.70. The van der Waals surface area contributed by atoms with E-state index in [9.17, 15) is 4.79 Å². The minimum atomic E-state index is -0.807. The van der Waals surface area contributed by atoms with Gasteiger partial charge in [0, 0.05) is 16.2 Å². The second-order valence-corrected chi connectivity index (χ2v) is 6.04. The maximum Gasteiger partial charge on any atom is 0.323 e. The van der Waals surface area contributed by atoms with Gasteiger partial charge < -0.3 is 10.0 Å². The van der Waals surface area contributed by atoms with Gasteiger partial charge in [0.25, 0.3) is 0 Å². The predicted octanol–water partition coefficient (Wildman–Crippen LogP) is 3.52. The zero-order chi connectivity index (χ0) is 13.5. The van der Waals surface area contributed by atoms with Crippen molar-refractivity contribution in [3.05, 3.63) is 28.8 Å². The van der Waals surface area contributed by atoms with Crippen molar-refractivity contribution in [1.82, 2.24) is 0 Å². The number of anilines is 1. The van der Waals surface area contributed by atoms with E-state index in [-0.39, 0.29) is 12.1 Å². The number of halogens is 1. The van der Waals surface area contributed by atoms with E-state index < -0.39 is 5.97 Å². The summed E-state index contributed by atoms with van der Waals surface area (Å²) in [5.41, 5.74) is 1.98. The van der Waals surface area contributed by atoms with Crippen LogP contribution in [-0.2, 0) is 4.79 Å². The summed E-state index contributed by atoms with van der Waals surface area (Å²) < 4.78 is 0. The third-order valence-electron chi connectivity index (χ3n) is 3.64. The molecule has 0 bridgehead atoms. The molecule has 1 aromatic rings. The summed E-state index contributed by atoms with van der Waals surface area (Å²) in [6.07, 6.45) is 0.924. The highest BCUT2D eigenvalue weighted by Crippen LogP contribution is 2.43. The molecule has 0 aliphatic carbocycles. The van der Waals surface area contributed by atoms with E-state index in [0.717, 1.165) is 17.7 Å². The molecule has 18 heavy (non-hydrogen) atoms. The predicted molar refractivity (Wildman–Crippen MR) is 73.5 cm³/mol. The molecule has 0 radical (unpaired) electrons. The second-order valence-electron chi connectivity index (χ2n) is 5.60. The quantitative estimate of drug-likeness (QED) is 0.891. The summed E-state index contributed by atoms with van der Waals surface area (Å²) in [6.45, 7) is 6.36. The normalized spacial score (nSPS) is 21.6. The fourth-order valence-corrected chi connectivity index (χ4v) is 3.08. The van der Waals surface area contributed by atoms with Crippen LogP contribution >= 0.6 is 11.6 Å². The first kappa shape index (κ1) is 13.2. The number of hydrogen-bond donors (Lipinski definition) is 1. The average molecular weight is 268 g/mol. The highest BCUT2D eigenvalue weighted by atomic mass is 35.5. The first-order valence-electron chi connectivity index (χ1n) is 6.10. The first-order chi connectivity index (χ1) is 8.31. The Morgan fingerprint density at radius 1 is 1.56 bits per heavy atom. The van der Waals surface area contributed by atoms with Gasteiger partial charge in [0.05, 0.1) is 0 Å². The molecular weight excluding hydrogens is 250 g/mol. The highest BCUT2D eigenvalue weighted by molar-refractivity contribution is 6.30. The molecule has 1 aliphatic rings. The molecule has 0 saturated heterocycles. The topological polar surface area (TPSA) is 40.5 Å². The number of nitrogens with zero attached hydrogens (tertiary/aromatic N) is 1. The van der Waals surface area contributed by atoms with Crippen molar-refractivity contribution >= 4 is 23.3 Å². The molecule has 0 fully saturated rings. The van der Waals surface area contributed by atoms with Crippen molar-refractivity contribution in [2.24, 2.45) is 0 Å². The van der Waals surface area contributed by atoms with Crippen molar-refractivity contribution in [3.63, 3.8) is 0 Å². The Morgan fingerprint density at radius 2 is 2.22 bits per heavy atom. The van der Waals surface area contributed by atoms with Crippen LogP contribution in [0.25, 0.3) is 0 Å². The van der Waals surface area contributed by atoms with Gasteiger partial charge in [0.1, 0.15) is 6.54 Å². The third kappa shape index (κ3) is 2.32. The lowest BCUT2D eigenvalue weighted by Crippen LogP contribution is -2.50. The molecule has 0 aromatic heterocycles. The molecule has 98 valence electrons. The number of fused-ring (bicyclic) bond motifs is 1. The van der Waals surface area contributed by atoms with Gasteiger partial charge in [0.15, 0.2) is 0 Å². The van der Waals surface area contributed by atoms with Crippen LogP contribution in [0, 0.1) is 0 Å². The SMILES string of the molecule is C[C@@H]1CC(C)(C)N(CC(=O)O)c2ccc(Cl)cc21. The van der Waals surface area contributed by atoms with E-state index in [1.165, 1.54) is 0 Å². The molecule has 0 amide bonds. The number of carbonyl (C=O) groups is 1. The molecule has 1 aliphatic heterocycles. The minimum absolute atomic E-state index is 0.0222. The molecule has 1 N–H and O–H groups in total. The van der Waals surface area contributed by atoms with Crippen LogP contribution in [0.3, 0.4) is 0 Å². The zero-order valence-corrected chi connectivity index (χ0v) is 11.7. The Kier molecular flexibility index (Phi) is 3.28. The fraction of sp³-hybridized carbons (Fsp3) is 0.500. The van der Waals surface area contributed by atoms with E-state index in [1.807, 2.05) is 23.1 Å². The van der Waals surface area contributed by atoms with E-state index in [4.69, 9.17) is 16.7 Å².